The summed E-state index contributed by atoms with van der Waals surface area (Å²) in [5, 5.41) is 12.5. The van der Waals surface area contributed by atoms with Crippen LogP contribution in [0.3, 0.4) is 0 Å². The van der Waals surface area contributed by atoms with Crippen LogP contribution in [0.2, 0.25) is 5.02 Å². The number of nitrogen functional groups attached to an aromatic ring is 1. The van der Waals surface area contributed by atoms with E-state index in [1.54, 1.807) is 0 Å². The zero-order valence-electron chi connectivity index (χ0n) is 11.5. The van der Waals surface area contributed by atoms with Crippen molar-refractivity contribution in [3.63, 3.8) is 0 Å². The normalized spacial score (nSPS) is 10.5. The van der Waals surface area contributed by atoms with E-state index < -0.39 is 0 Å². The lowest BCUT2D eigenvalue weighted by Gasteiger charge is -2.04. The molecule has 0 unspecified atom stereocenters. The number of hydrogen-bond donors (Lipinski definition) is 2. The number of anilines is 1. The minimum atomic E-state index is 0.0569. The van der Waals surface area contributed by atoms with E-state index in [0.29, 0.717) is 24.5 Å². The Hall–Kier alpha value is -1.66. The van der Waals surface area contributed by atoms with Crippen LogP contribution >= 0.6 is 22.9 Å². The molecule has 3 N–H and O–H groups in total. The highest BCUT2D eigenvalue weighted by Crippen LogP contribution is 2.12. The third kappa shape index (κ3) is 5.69. The summed E-state index contributed by atoms with van der Waals surface area (Å²) in [6, 6.07) is 7.70. The number of nitrogens with zero attached hydrogens (tertiary/aromatic N) is 2. The Kier molecular flexibility index (Phi) is 5.95. The van der Waals surface area contributed by atoms with Crippen molar-refractivity contribution in [2.45, 2.75) is 25.7 Å². The fourth-order valence-corrected chi connectivity index (χ4v) is 2.60. The first-order chi connectivity index (χ1) is 10.1. The van der Waals surface area contributed by atoms with Crippen molar-refractivity contribution < 1.29 is 4.79 Å². The molecule has 0 aliphatic rings. The van der Waals surface area contributed by atoms with Gasteiger partial charge in [-0.25, -0.2) is 0 Å². The fraction of sp³-hybridized carbons (Fsp3) is 0.357. The number of carbonyl (C=O) groups is 1. The standard InChI is InChI=1S/C14H17ClN4OS/c15-11-6-4-10(5-7-11)2-1-3-12(20)17-9-8-13-18-19-14(16)21-13/h4-7H,1-3,8-9H2,(H2,16,19)(H,17,20). The molecule has 5 nitrogen and oxygen atoms in total. The maximum atomic E-state index is 11.7. The molecule has 1 aromatic carbocycles. The van der Waals surface area contributed by atoms with Gasteiger partial charge in [0.25, 0.3) is 0 Å². The van der Waals surface area contributed by atoms with Crippen molar-refractivity contribution >= 4 is 34.0 Å². The number of halogens is 1. The number of rotatable bonds is 7. The third-order valence-corrected chi connectivity index (χ3v) is 3.99. The van der Waals surface area contributed by atoms with E-state index in [1.807, 2.05) is 24.3 Å². The van der Waals surface area contributed by atoms with Gasteiger partial charge < -0.3 is 11.1 Å². The molecule has 0 atom stereocenters. The molecule has 0 fully saturated rings. The van der Waals surface area contributed by atoms with E-state index in [9.17, 15) is 4.79 Å². The average molecular weight is 325 g/mol. The van der Waals surface area contributed by atoms with Gasteiger partial charge in [-0.3, -0.25) is 4.79 Å². The Labute approximate surface area is 132 Å². The van der Waals surface area contributed by atoms with Crippen molar-refractivity contribution in [2.24, 2.45) is 0 Å². The lowest BCUT2D eigenvalue weighted by molar-refractivity contribution is -0.121. The molecule has 1 amide bonds. The summed E-state index contributed by atoms with van der Waals surface area (Å²) in [7, 11) is 0. The minimum absolute atomic E-state index is 0.0569. The summed E-state index contributed by atoms with van der Waals surface area (Å²) in [4.78, 5) is 11.7. The zero-order chi connectivity index (χ0) is 15.1. The summed E-state index contributed by atoms with van der Waals surface area (Å²) in [6.07, 6.45) is 2.87. The third-order valence-electron chi connectivity index (χ3n) is 2.93. The molecule has 0 aliphatic carbocycles. The second-order valence-electron chi connectivity index (χ2n) is 4.61. The van der Waals surface area contributed by atoms with Crippen LogP contribution in [0.15, 0.2) is 24.3 Å². The van der Waals surface area contributed by atoms with Crippen LogP contribution in [-0.4, -0.2) is 22.6 Å². The molecule has 1 heterocycles. The predicted octanol–water partition coefficient (Wildman–Crippen LogP) is 2.46. The maximum Gasteiger partial charge on any atom is 0.220 e. The highest BCUT2D eigenvalue weighted by molar-refractivity contribution is 7.15. The highest BCUT2D eigenvalue weighted by Gasteiger charge is 2.04. The topological polar surface area (TPSA) is 80.9 Å². The van der Waals surface area contributed by atoms with Crippen molar-refractivity contribution in [1.29, 1.82) is 0 Å². The molecule has 0 aliphatic heterocycles. The van der Waals surface area contributed by atoms with Gasteiger partial charge in [0.05, 0.1) is 0 Å². The van der Waals surface area contributed by atoms with Crippen LogP contribution in [0.25, 0.3) is 0 Å². The lowest BCUT2D eigenvalue weighted by Crippen LogP contribution is -2.25. The second-order valence-corrected chi connectivity index (χ2v) is 6.14. The van der Waals surface area contributed by atoms with E-state index in [2.05, 4.69) is 15.5 Å². The fourth-order valence-electron chi connectivity index (χ4n) is 1.87. The van der Waals surface area contributed by atoms with Gasteiger partial charge in [-0.05, 0) is 30.5 Å². The zero-order valence-corrected chi connectivity index (χ0v) is 13.1. The van der Waals surface area contributed by atoms with Gasteiger partial charge >= 0.3 is 0 Å². The van der Waals surface area contributed by atoms with Gasteiger partial charge in [0.2, 0.25) is 11.0 Å². The number of benzene rings is 1. The molecule has 0 saturated heterocycles. The van der Waals surface area contributed by atoms with Crippen LogP contribution in [0.4, 0.5) is 5.13 Å². The molecule has 2 aromatic rings. The van der Waals surface area contributed by atoms with Crippen LogP contribution < -0.4 is 11.1 Å². The SMILES string of the molecule is Nc1nnc(CCNC(=O)CCCc2ccc(Cl)cc2)s1. The quantitative estimate of drug-likeness (QED) is 0.819. The molecular weight excluding hydrogens is 308 g/mol. The highest BCUT2D eigenvalue weighted by atomic mass is 35.5. The van der Waals surface area contributed by atoms with Crippen molar-refractivity contribution in [2.75, 3.05) is 12.3 Å². The van der Waals surface area contributed by atoms with Crippen molar-refractivity contribution in [3.05, 3.63) is 39.9 Å². The molecular formula is C14H17ClN4OS. The van der Waals surface area contributed by atoms with Gasteiger partial charge in [0.15, 0.2) is 0 Å². The summed E-state index contributed by atoms with van der Waals surface area (Å²) in [6.45, 7) is 0.564. The Morgan fingerprint density at radius 3 is 2.67 bits per heavy atom. The molecule has 112 valence electrons. The number of amides is 1. The van der Waals surface area contributed by atoms with E-state index in [1.165, 1.54) is 16.9 Å². The first kappa shape index (κ1) is 15.7. The maximum absolute atomic E-state index is 11.7. The van der Waals surface area contributed by atoms with Crippen LogP contribution in [0, 0.1) is 0 Å². The number of nitrogens with two attached hydrogens (primary N) is 1. The predicted molar refractivity (Wildman–Crippen MR) is 85.4 cm³/mol. The molecule has 0 radical (unpaired) electrons. The molecule has 0 spiro atoms. The second kappa shape index (κ2) is 7.95. The summed E-state index contributed by atoms with van der Waals surface area (Å²) >= 11 is 7.17. The van der Waals surface area contributed by atoms with Gasteiger partial charge in [0.1, 0.15) is 5.01 Å². The van der Waals surface area contributed by atoms with Crippen molar-refractivity contribution in [1.82, 2.24) is 15.5 Å². The van der Waals surface area contributed by atoms with Gasteiger partial charge in [-0.15, -0.1) is 10.2 Å². The van der Waals surface area contributed by atoms with Crippen LogP contribution in [-0.2, 0) is 17.6 Å². The Morgan fingerprint density at radius 1 is 1.24 bits per heavy atom. The largest absolute Gasteiger partial charge is 0.374 e. The average Bonchev–Trinajstić information content (AvgIpc) is 2.87. The smallest absolute Gasteiger partial charge is 0.220 e. The summed E-state index contributed by atoms with van der Waals surface area (Å²) in [5.41, 5.74) is 6.68. The van der Waals surface area contributed by atoms with Crippen molar-refractivity contribution in [3.8, 4) is 0 Å². The number of carbonyl (C=O) groups excluding carboxylic acids is 1. The van der Waals surface area contributed by atoms with E-state index in [4.69, 9.17) is 17.3 Å². The van der Waals surface area contributed by atoms with E-state index in [-0.39, 0.29) is 5.91 Å². The Balaban J connectivity index is 1.60. The lowest BCUT2D eigenvalue weighted by atomic mass is 10.1. The number of aromatic nitrogens is 2. The molecule has 0 bridgehead atoms. The molecule has 7 heteroatoms. The van der Waals surface area contributed by atoms with E-state index >= 15 is 0 Å². The van der Waals surface area contributed by atoms with E-state index in [0.717, 1.165) is 22.9 Å². The van der Waals surface area contributed by atoms with Crippen LogP contribution in [0.1, 0.15) is 23.4 Å². The monoisotopic (exact) mass is 324 g/mol. The molecule has 0 saturated carbocycles. The first-order valence-corrected chi connectivity index (χ1v) is 7.92. The summed E-state index contributed by atoms with van der Waals surface area (Å²) in [5.74, 6) is 0.0569. The van der Waals surface area contributed by atoms with Crippen LogP contribution in [0.5, 0.6) is 0 Å². The Morgan fingerprint density at radius 2 is 2.00 bits per heavy atom. The molecule has 1 aromatic heterocycles. The number of nitrogens with one attached hydrogen (secondary N) is 1. The number of aryl methyl sites for hydroxylation is 1. The summed E-state index contributed by atoms with van der Waals surface area (Å²) < 4.78 is 0. The first-order valence-electron chi connectivity index (χ1n) is 6.72. The van der Waals surface area contributed by atoms with Gasteiger partial charge in [-0.2, -0.15) is 0 Å². The molecule has 2 rings (SSSR count). The Bertz CT molecular complexity index is 585. The molecule has 21 heavy (non-hydrogen) atoms. The number of hydrogen-bond acceptors (Lipinski definition) is 5. The minimum Gasteiger partial charge on any atom is -0.374 e. The van der Waals surface area contributed by atoms with Gasteiger partial charge in [-0.1, -0.05) is 35.1 Å². The van der Waals surface area contributed by atoms with Gasteiger partial charge in [0, 0.05) is 24.4 Å².